The van der Waals surface area contributed by atoms with E-state index in [4.69, 9.17) is 21.8 Å². The molecule has 0 fully saturated rings. The Labute approximate surface area is 181 Å². The maximum absolute atomic E-state index is 11.2. The molecule has 5 aromatic rings. The Kier molecular flexibility index (Phi) is 4.65. The van der Waals surface area contributed by atoms with Gasteiger partial charge in [-0.3, -0.25) is 9.97 Å². The van der Waals surface area contributed by atoms with Gasteiger partial charge in [0.1, 0.15) is 0 Å². The summed E-state index contributed by atoms with van der Waals surface area (Å²) >= 11 is 6.06. The number of carboxylic acid groups (broad SMARTS) is 1. The van der Waals surface area contributed by atoms with Gasteiger partial charge in [-0.05, 0) is 42.5 Å². The van der Waals surface area contributed by atoms with Crippen molar-refractivity contribution >= 4 is 28.6 Å². The first-order chi connectivity index (χ1) is 15.1. The van der Waals surface area contributed by atoms with Crippen LogP contribution in [0.3, 0.4) is 0 Å². The lowest BCUT2D eigenvalue weighted by molar-refractivity contribution is 0.0696. The lowest BCUT2D eigenvalue weighted by atomic mass is 10.1. The number of hydrogen-bond donors (Lipinski definition) is 1. The van der Waals surface area contributed by atoms with E-state index in [0.29, 0.717) is 10.8 Å². The zero-order chi connectivity index (χ0) is 21.4. The number of hydrogen-bond acceptors (Lipinski definition) is 5. The van der Waals surface area contributed by atoms with Crippen LogP contribution in [0.15, 0.2) is 79.3 Å². The molecule has 2 aromatic carbocycles. The summed E-state index contributed by atoms with van der Waals surface area (Å²) in [5.41, 5.74) is 4.97. The standard InChI is InChI=1S/C23H14ClN5O2/c24-17-5-1-14(2-6-17)21-12-19(15-3-7-18-20(11-15)26-10-9-25-18)28-29(21)22-8-4-16(13-27-22)23(30)31/h1-13H,(H,30,31). The molecule has 1 N–H and O–H groups in total. The van der Waals surface area contributed by atoms with Crippen molar-refractivity contribution < 1.29 is 9.90 Å². The molecule has 7 nitrogen and oxygen atoms in total. The number of carbonyl (C=O) groups is 1. The fraction of sp³-hybridized carbons (Fsp3) is 0. The van der Waals surface area contributed by atoms with E-state index in [9.17, 15) is 4.79 Å². The Hall–Kier alpha value is -4.10. The first-order valence-corrected chi connectivity index (χ1v) is 9.73. The van der Waals surface area contributed by atoms with Gasteiger partial charge in [-0.25, -0.2) is 14.5 Å². The summed E-state index contributed by atoms with van der Waals surface area (Å²) in [5, 5.41) is 14.5. The van der Waals surface area contributed by atoms with Gasteiger partial charge in [0.15, 0.2) is 5.82 Å². The molecule has 8 heteroatoms. The first kappa shape index (κ1) is 18.9. The quantitative estimate of drug-likeness (QED) is 0.438. The summed E-state index contributed by atoms with van der Waals surface area (Å²) in [6.45, 7) is 0. The largest absolute Gasteiger partial charge is 0.478 e. The molecule has 0 saturated heterocycles. The number of carboxylic acids is 1. The lowest BCUT2D eigenvalue weighted by Gasteiger charge is -2.07. The second kappa shape index (κ2) is 7.62. The third-order valence-electron chi connectivity index (χ3n) is 4.83. The van der Waals surface area contributed by atoms with Crippen molar-refractivity contribution in [2.24, 2.45) is 0 Å². The van der Waals surface area contributed by atoms with Gasteiger partial charge in [-0.15, -0.1) is 0 Å². The first-order valence-electron chi connectivity index (χ1n) is 9.35. The fourth-order valence-electron chi connectivity index (χ4n) is 3.28. The van der Waals surface area contributed by atoms with E-state index in [-0.39, 0.29) is 5.56 Å². The molecule has 0 spiro atoms. The highest BCUT2D eigenvalue weighted by Gasteiger charge is 2.15. The Bertz CT molecular complexity index is 1410. The molecule has 0 aliphatic carbocycles. The number of halogens is 1. The number of fused-ring (bicyclic) bond motifs is 1. The molecule has 0 atom stereocenters. The van der Waals surface area contributed by atoms with Gasteiger partial charge in [0.25, 0.3) is 0 Å². The van der Waals surface area contributed by atoms with Crippen LogP contribution >= 0.6 is 11.6 Å². The minimum absolute atomic E-state index is 0.109. The summed E-state index contributed by atoms with van der Waals surface area (Å²) in [6, 6.07) is 18.3. The van der Waals surface area contributed by atoms with Crippen LogP contribution < -0.4 is 0 Å². The Balaban J connectivity index is 1.67. The van der Waals surface area contributed by atoms with Crippen LogP contribution in [0.4, 0.5) is 0 Å². The summed E-state index contributed by atoms with van der Waals surface area (Å²) in [4.78, 5) is 24.2. The summed E-state index contributed by atoms with van der Waals surface area (Å²) < 4.78 is 1.69. The molecule has 0 bridgehead atoms. The van der Waals surface area contributed by atoms with E-state index in [0.717, 1.165) is 33.5 Å². The monoisotopic (exact) mass is 427 g/mol. The highest BCUT2D eigenvalue weighted by atomic mass is 35.5. The van der Waals surface area contributed by atoms with Crippen LogP contribution in [0.2, 0.25) is 5.02 Å². The number of aromatic nitrogens is 5. The molecular weight excluding hydrogens is 414 g/mol. The van der Waals surface area contributed by atoms with Crippen molar-refractivity contribution in [1.29, 1.82) is 0 Å². The molecule has 0 aliphatic rings. The van der Waals surface area contributed by atoms with Crippen LogP contribution in [0.1, 0.15) is 10.4 Å². The maximum Gasteiger partial charge on any atom is 0.337 e. The average molecular weight is 428 g/mol. The number of nitrogens with zero attached hydrogens (tertiary/aromatic N) is 5. The molecule has 0 radical (unpaired) electrons. The van der Waals surface area contributed by atoms with Crippen molar-refractivity contribution in [3.05, 3.63) is 89.8 Å². The molecule has 0 aliphatic heterocycles. The molecule has 31 heavy (non-hydrogen) atoms. The van der Waals surface area contributed by atoms with Gasteiger partial charge in [0.05, 0.1) is 28.0 Å². The van der Waals surface area contributed by atoms with Crippen molar-refractivity contribution in [3.63, 3.8) is 0 Å². The average Bonchev–Trinajstić information content (AvgIpc) is 3.25. The SMILES string of the molecule is O=C(O)c1ccc(-n2nc(-c3ccc4nccnc4c3)cc2-c2ccc(Cl)cc2)nc1. The van der Waals surface area contributed by atoms with Crippen LogP contribution in [-0.2, 0) is 0 Å². The second-order valence-electron chi connectivity index (χ2n) is 6.80. The number of rotatable bonds is 4. The summed E-state index contributed by atoms with van der Waals surface area (Å²) in [5.74, 6) is -0.530. The molecular formula is C23H14ClN5O2. The van der Waals surface area contributed by atoms with Crippen LogP contribution in [0.25, 0.3) is 39.4 Å². The molecule has 3 heterocycles. The van der Waals surface area contributed by atoms with Crippen molar-refractivity contribution in [1.82, 2.24) is 24.7 Å². The van der Waals surface area contributed by atoms with E-state index in [2.05, 4.69) is 15.0 Å². The minimum Gasteiger partial charge on any atom is -0.478 e. The number of aromatic carboxylic acids is 1. The van der Waals surface area contributed by atoms with Crippen molar-refractivity contribution in [3.8, 4) is 28.3 Å². The van der Waals surface area contributed by atoms with Gasteiger partial charge in [-0.1, -0.05) is 29.8 Å². The van der Waals surface area contributed by atoms with Crippen LogP contribution in [-0.4, -0.2) is 35.8 Å². The predicted octanol–water partition coefficient (Wildman–Crippen LogP) is 4.90. The van der Waals surface area contributed by atoms with Crippen molar-refractivity contribution in [2.45, 2.75) is 0 Å². The number of benzene rings is 2. The lowest BCUT2D eigenvalue weighted by Crippen LogP contribution is -2.04. The molecule has 3 aromatic heterocycles. The highest BCUT2D eigenvalue weighted by molar-refractivity contribution is 6.30. The number of pyridine rings is 1. The van der Waals surface area contributed by atoms with E-state index >= 15 is 0 Å². The van der Waals surface area contributed by atoms with Gasteiger partial charge in [-0.2, -0.15) is 5.10 Å². The van der Waals surface area contributed by atoms with Gasteiger partial charge < -0.3 is 5.11 Å². The topological polar surface area (TPSA) is 93.8 Å². The van der Waals surface area contributed by atoms with Crippen LogP contribution in [0, 0.1) is 0 Å². The fourth-order valence-corrected chi connectivity index (χ4v) is 3.41. The maximum atomic E-state index is 11.2. The van der Waals surface area contributed by atoms with E-state index in [1.807, 2.05) is 36.4 Å². The summed E-state index contributed by atoms with van der Waals surface area (Å²) in [6.07, 6.45) is 4.62. The van der Waals surface area contributed by atoms with E-state index in [1.54, 1.807) is 35.3 Å². The molecule has 150 valence electrons. The smallest absolute Gasteiger partial charge is 0.337 e. The van der Waals surface area contributed by atoms with Crippen molar-refractivity contribution in [2.75, 3.05) is 0 Å². The van der Waals surface area contributed by atoms with Gasteiger partial charge >= 0.3 is 5.97 Å². The van der Waals surface area contributed by atoms with E-state index < -0.39 is 5.97 Å². The highest BCUT2D eigenvalue weighted by Crippen LogP contribution is 2.30. The zero-order valence-electron chi connectivity index (χ0n) is 16.0. The Morgan fingerprint density at radius 1 is 0.839 bits per heavy atom. The Morgan fingerprint density at radius 2 is 1.58 bits per heavy atom. The van der Waals surface area contributed by atoms with Crippen LogP contribution in [0.5, 0.6) is 0 Å². The molecule has 5 rings (SSSR count). The molecule has 0 saturated carbocycles. The zero-order valence-corrected chi connectivity index (χ0v) is 16.7. The van der Waals surface area contributed by atoms with E-state index in [1.165, 1.54) is 12.3 Å². The molecule has 0 unspecified atom stereocenters. The normalized spacial score (nSPS) is 11.0. The van der Waals surface area contributed by atoms with Gasteiger partial charge in [0.2, 0.25) is 0 Å². The molecule has 0 amide bonds. The third kappa shape index (κ3) is 3.62. The summed E-state index contributed by atoms with van der Waals surface area (Å²) in [7, 11) is 0. The third-order valence-corrected chi connectivity index (χ3v) is 5.08. The Morgan fingerprint density at radius 3 is 2.29 bits per heavy atom. The second-order valence-corrected chi connectivity index (χ2v) is 7.24. The van der Waals surface area contributed by atoms with Gasteiger partial charge in [0, 0.05) is 34.7 Å². The predicted molar refractivity (Wildman–Crippen MR) is 117 cm³/mol. The minimum atomic E-state index is -1.03.